The van der Waals surface area contributed by atoms with Crippen LogP contribution in [0.3, 0.4) is 0 Å². The Bertz CT molecular complexity index is 1200. The van der Waals surface area contributed by atoms with Gasteiger partial charge in [-0.25, -0.2) is 23.1 Å². The fraction of sp³-hybridized carbons (Fsp3) is 0. The molecule has 0 aliphatic rings. The SMILES string of the molecule is NS(=O)(=O)c1cccc(-n2ccnc2-c2cccc3ccnn23)c1.O=CO. The second-order valence-electron chi connectivity index (χ2n) is 5.35. The number of hydrogen-bond acceptors (Lipinski definition) is 5. The van der Waals surface area contributed by atoms with Crippen LogP contribution in [0.1, 0.15) is 0 Å². The van der Waals surface area contributed by atoms with Gasteiger partial charge in [-0.15, -0.1) is 0 Å². The molecule has 9 nitrogen and oxygen atoms in total. The zero-order valence-electron chi connectivity index (χ0n) is 13.9. The van der Waals surface area contributed by atoms with Crippen LogP contribution in [0.4, 0.5) is 0 Å². The van der Waals surface area contributed by atoms with Gasteiger partial charge in [0.1, 0.15) is 5.69 Å². The van der Waals surface area contributed by atoms with E-state index in [9.17, 15) is 8.42 Å². The van der Waals surface area contributed by atoms with Gasteiger partial charge in [0, 0.05) is 18.1 Å². The van der Waals surface area contributed by atoms with Crippen molar-refractivity contribution in [2.45, 2.75) is 4.90 Å². The van der Waals surface area contributed by atoms with Gasteiger partial charge in [0.15, 0.2) is 5.82 Å². The standard InChI is InChI=1S/C16H13N5O2S.CH2O2/c17-24(22,23)14-5-1-4-13(11-14)20-10-9-18-16(20)15-6-2-3-12-7-8-19-21(12)15;2-1-3/h1-11H,(H2,17,22,23);1H,(H,2,3). The van der Waals surface area contributed by atoms with Crippen molar-refractivity contribution < 1.29 is 18.3 Å². The number of hydrogen-bond donors (Lipinski definition) is 2. The molecule has 0 amide bonds. The number of carboxylic acid groups (broad SMARTS) is 1. The third-order valence-corrected chi connectivity index (χ3v) is 4.63. The largest absolute Gasteiger partial charge is 0.483 e. The molecular formula is C17H15N5O4S. The van der Waals surface area contributed by atoms with Gasteiger partial charge >= 0.3 is 0 Å². The van der Waals surface area contributed by atoms with E-state index in [1.807, 2.05) is 24.3 Å². The lowest BCUT2D eigenvalue weighted by molar-refractivity contribution is -0.122. The number of pyridine rings is 1. The maximum atomic E-state index is 11.6. The number of carbonyl (C=O) groups is 1. The van der Waals surface area contributed by atoms with Crippen molar-refractivity contribution in [1.29, 1.82) is 0 Å². The van der Waals surface area contributed by atoms with Crippen molar-refractivity contribution in [2.24, 2.45) is 5.14 Å². The third kappa shape index (κ3) is 3.71. The van der Waals surface area contributed by atoms with Crippen LogP contribution in [-0.2, 0) is 14.8 Å². The summed E-state index contributed by atoms with van der Waals surface area (Å²) >= 11 is 0. The van der Waals surface area contributed by atoms with E-state index >= 15 is 0 Å². The van der Waals surface area contributed by atoms with Crippen LogP contribution in [0.5, 0.6) is 0 Å². The average Bonchev–Trinajstić information content (AvgIpc) is 3.31. The van der Waals surface area contributed by atoms with E-state index < -0.39 is 10.0 Å². The van der Waals surface area contributed by atoms with Crippen molar-refractivity contribution >= 4 is 22.0 Å². The molecule has 3 heterocycles. The van der Waals surface area contributed by atoms with Gasteiger partial charge in [-0.2, -0.15) is 5.10 Å². The van der Waals surface area contributed by atoms with Crippen molar-refractivity contribution in [3.05, 3.63) is 67.1 Å². The van der Waals surface area contributed by atoms with Gasteiger partial charge < -0.3 is 5.11 Å². The number of sulfonamides is 1. The number of nitrogens with two attached hydrogens (primary N) is 1. The minimum absolute atomic E-state index is 0.0527. The molecule has 0 spiro atoms. The second kappa shape index (κ2) is 7.40. The summed E-state index contributed by atoms with van der Waals surface area (Å²) in [5.74, 6) is 0.649. The van der Waals surface area contributed by atoms with Crippen LogP contribution in [0.15, 0.2) is 72.0 Å². The first-order valence-corrected chi connectivity index (χ1v) is 9.18. The zero-order valence-corrected chi connectivity index (χ0v) is 14.7. The lowest BCUT2D eigenvalue weighted by Gasteiger charge is -2.10. The third-order valence-electron chi connectivity index (χ3n) is 3.72. The van der Waals surface area contributed by atoms with Gasteiger partial charge in [-0.05, 0) is 36.4 Å². The Morgan fingerprint density at radius 1 is 1.07 bits per heavy atom. The molecule has 0 unspecified atom stereocenters. The van der Waals surface area contributed by atoms with Gasteiger partial charge in [0.25, 0.3) is 6.47 Å². The molecule has 138 valence electrons. The highest BCUT2D eigenvalue weighted by molar-refractivity contribution is 7.89. The van der Waals surface area contributed by atoms with Crippen LogP contribution < -0.4 is 5.14 Å². The molecule has 0 radical (unpaired) electrons. The van der Waals surface area contributed by atoms with Crippen LogP contribution in [0.25, 0.3) is 22.7 Å². The molecule has 0 saturated carbocycles. The number of nitrogens with zero attached hydrogens (tertiary/aromatic N) is 4. The molecule has 0 aliphatic heterocycles. The van der Waals surface area contributed by atoms with Crippen LogP contribution in [-0.4, -0.2) is 39.2 Å². The number of imidazole rings is 1. The Kier molecular flexibility index (Phi) is 5.01. The Morgan fingerprint density at radius 3 is 2.56 bits per heavy atom. The fourth-order valence-corrected chi connectivity index (χ4v) is 3.18. The lowest BCUT2D eigenvalue weighted by atomic mass is 10.3. The zero-order chi connectivity index (χ0) is 19.4. The van der Waals surface area contributed by atoms with Gasteiger partial charge in [0.2, 0.25) is 10.0 Å². The quantitative estimate of drug-likeness (QED) is 0.514. The molecule has 0 bridgehead atoms. The molecule has 3 N–H and O–H groups in total. The first-order valence-electron chi connectivity index (χ1n) is 7.63. The molecule has 4 rings (SSSR count). The summed E-state index contributed by atoms with van der Waals surface area (Å²) in [5.41, 5.74) is 2.39. The Labute approximate surface area is 154 Å². The van der Waals surface area contributed by atoms with E-state index in [-0.39, 0.29) is 11.4 Å². The lowest BCUT2D eigenvalue weighted by Crippen LogP contribution is -2.12. The minimum Gasteiger partial charge on any atom is -0.483 e. The average molecular weight is 385 g/mol. The highest BCUT2D eigenvalue weighted by Crippen LogP contribution is 2.23. The Balaban J connectivity index is 0.000000659. The highest BCUT2D eigenvalue weighted by Gasteiger charge is 2.14. The smallest absolute Gasteiger partial charge is 0.290 e. The molecular weight excluding hydrogens is 370 g/mol. The van der Waals surface area contributed by atoms with Crippen LogP contribution in [0, 0.1) is 0 Å². The van der Waals surface area contributed by atoms with Crippen molar-refractivity contribution in [3.8, 4) is 17.2 Å². The summed E-state index contributed by atoms with van der Waals surface area (Å²) in [4.78, 5) is 12.8. The fourth-order valence-electron chi connectivity index (χ4n) is 2.63. The van der Waals surface area contributed by atoms with E-state index in [0.29, 0.717) is 11.5 Å². The molecule has 0 aliphatic carbocycles. The molecule has 10 heteroatoms. The van der Waals surface area contributed by atoms with E-state index in [0.717, 1.165) is 11.2 Å². The van der Waals surface area contributed by atoms with Gasteiger partial charge in [-0.1, -0.05) is 12.1 Å². The second-order valence-corrected chi connectivity index (χ2v) is 6.91. The molecule has 4 aromatic rings. The molecule has 0 fully saturated rings. The monoisotopic (exact) mass is 385 g/mol. The maximum absolute atomic E-state index is 11.6. The molecule has 27 heavy (non-hydrogen) atoms. The van der Waals surface area contributed by atoms with Crippen molar-refractivity contribution in [3.63, 3.8) is 0 Å². The van der Waals surface area contributed by atoms with E-state index in [4.69, 9.17) is 15.0 Å². The first kappa shape index (κ1) is 18.3. The Morgan fingerprint density at radius 2 is 1.81 bits per heavy atom. The topological polar surface area (TPSA) is 133 Å². The van der Waals surface area contributed by atoms with Crippen molar-refractivity contribution in [1.82, 2.24) is 19.2 Å². The molecule has 3 aromatic heterocycles. The number of aromatic nitrogens is 4. The summed E-state index contributed by atoms with van der Waals surface area (Å²) in [6.07, 6.45) is 5.13. The number of primary sulfonamides is 1. The van der Waals surface area contributed by atoms with Crippen LogP contribution in [0.2, 0.25) is 0 Å². The normalized spacial score (nSPS) is 11.0. The molecule has 0 atom stereocenters. The summed E-state index contributed by atoms with van der Waals surface area (Å²) in [5, 5.41) is 16.4. The summed E-state index contributed by atoms with van der Waals surface area (Å²) in [6.45, 7) is -0.250. The predicted octanol–water partition coefficient (Wildman–Crippen LogP) is 1.54. The first-order chi connectivity index (χ1) is 13.0. The van der Waals surface area contributed by atoms with E-state index in [2.05, 4.69) is 10.1 Å². The molecule has 1 aromatic carbocycles. The summed E-state index contributed by atoms with van der Waals surface area (Å²) in [6, 6.07) is 14.1. The predicted molar refractivity (Wildman–Crippen MR) is 97.8 cm³/mol. The van der Waals surface area contributed by atoms with Gasteiger partial charge in [0.05, 0.1) is 16.6 Å². The Hall–Kier alpha value is -3.50. The number of fused-ring (bicyclic) bond motifs is 1. The van der Waals surface area contributed by atoms with E-state index in [1.165, 1.54) is 12.1 Å². The minimum atomic E-state index is -3.77. The van der Waals surface area contributed by atoms with Crippen molar-refractivity contribution in [2.75, 3.05) is 0 Å². The summed E-state index contributed by atoms with van der Waals surface area (Å²) < 4.78 is 26.8. The van der Waals surface area contributed by atoms with Gasteiger partial charge in [-0.3, -0.25) is 9.36 Å². The maximum Gasteiger partial charge on any atom is 0.290 e. The summed E-state index contributed by atoms with van der Waals surface area (Å²) in [7, 11) is -3.77. The van der Waals surface area contributed by atoms with Crippen LogP contribution >= 0.6 is 0 Å². The van der Waals surface area contributed by atoms with E-state index in [1.54, 1.807) is 39.8 Å². The highest BCUT2D eigenvalue weighted by atomic mass is 32.2. The molecule has 0 saturated heterocycles. The number of rotatable bonds is 3. The number of benzene rings is 1.